The first-order chi connectivity index (χ1) is 8.16. The summed E-state index contributed by atoms with van der Waals surface area (Å²) in [5, 5.41) is 25.4. The van der Waals surface area contributed by atoms with Crippen molar-refractivity contribution in [2.24, 2.45) is 5.16 Å². The van der Waals surface area contributed by atoms with E-state index in [2.05, 4.69) is 10.5 Å². The molecule has 1 aromatic rings. The van der Waals surface area contributed by atoms with E-state index in [0.717, 1.165) is 30.9 Å². The fourth-order valence-corrected chi connectivity index (χ4v) is 1.48. The molecule has 0 bridgehead atoms. The molecule has 0 saturated carbocycles. The molecular formula is C10H13N3O4. The summed E-state index contributed by atoms with van der Waals surface area (Å²) in [4.78, 5) is 16.2. The van der Waals surface area contributed by atoms with Gasteiger partial charge in [-0.1, -0.05) is 5.16 Å². The van der Waals surface area contributed by atoms with Crippen LogP contribution in [-0.4, -0.2) is 33.8 Å². The summed E-state index contributed by atoms with van der Waals surface area (Å²) < 4.78 is 0.643. The van der Waals surface area contributed by atoms with E-state index >= 15 is 0 Å². The van der Waals surface area contributed by atoms with Crippen molar-refractivity contribution in [2.45, 2.75) is 13.0 Å². The van der Waals surface area contributed by atoms with Crippen LogP contribution in [0, 0.1) is 0 Å². The quantitative estimate of drug-likeness (QED) is 0.495. The van der Waals surface area contributed by atoms with Crippen LogP contribution in [0.2, 0.25) is 0 Å². The Balaban J connectivity index is 2.01. The van der Waals surface area contributed by atoms with E-state index in [1.54, 1.807) is 0 Å². The van der Waals surface area contributed by atoms with Crippen molar-refractivity contribution in [1.82, 2.24) is 10.0 Å². The molecule has 1 aliphatic heterocycles. The number of hydrogen-bond donors (Lipinski definition) is 3. The normalized spacial score (nSPS) is 17.5. The molecule has 1 aromatic heterocycles. The maximum Gasteiger partial charge on any atom is 0.223 e. The molecule has 7 nitrogen and oxygen atoms in total. The topological polar surface area (TPSA) is 96.1 Å². The second-order valence-corrected chi connectivity index (χ2v) is 3.72. The zero-order chi connectivity index (χ0) is 12.3. The fourth-order valence-electron chi connectivity index (χ4n) is 1.48. The highest BCUT2D eigenvalue weighted by Crippen LogP contribution is 2.04. The van der Waals surface area contributed by atoms with Gasteiger partial charge in [0, 0.05) is 25.6 Å². The van der Waals surface area contributed by atoms with Gasteiger partial charge in [-0.15, -0.1) is 0 Å². The highest BCUT2D eigenvalue weighted by molar-refractivity contribution is 5.87. The number of hydrogen-bond acceptors (Lipinski definition) is 6. The highest BCUT2D eigenvalue weighted by atomic mass is 16.6. The predicted molar refractivity (Wildman–Crippen MR) is 59.3 cm³/mol. The molecule has 0 spiro atoms. The van der Waals surface area contributed by atoms with Crippen molar-refractivity contribution in [1.29, 1.82) is 0 Å². The van der Waals surface area contributed by atoms with Crippen LogP contribution < -0.4 is 10.7 Å². The van der Waals surface area contributed by atoms with Gasteiger partial charge in [0.05, 0.1) is 11.9 Å². The van der Waals surface area contributed by atoms with Crippen LogP contribution >= 0.6 is 0 Å². The second-order valence-electron chi connectivity index (χ2n) is 3.72. The molecule has 0 atom stereocenters. The molecule has 92 valence electrons. The molecule has 3 N–H and O–H groups in total. The van der Waals surface area contributed by atoms with E-state index in [9.17, 15) is 10.0 Å². The minimum atomic E-state index is -0.566. The third-order valence-corrected chi connectivity index (χ3v) is 2.41. The number of rotatable bonds is 3. The summed E-state index contributed by atoms with van der Waals surface area (Å²) in [6.45, 7) is 1.54. The molecule has 1 fully saturated rings. The Hall–Kier alpha value is -2.02. The van der Waals surface area contributed by atoms with Crippen LogP contribution in [0.4, 0.5) is 0 Å². The molecule has 0 aliphatic carbocycles. The SMILES string of the molecule is O=c1cc(CO/N=C2/CCNC2)n(O)cc1O. The third-order valence-electron chi connectivity index (χ3n) is 2.41. The Morgan fingerprint density at radius 1 is 1.59 bits per heavy atom. The van der Waals surface area contributed by atoms with Crippen LogP contribution in [0.1, 0.15) is 12.1 Å². The predicted octanol–water partition coefficient (Wildman–Crippen LogP) is -0.343. The van der Waals surface area contributed by atoms with Crippen molar-refractivity contribution in [3.8, 4) is 5.75 Å². The number of pyridine rings is 1. The van der Waals surface area contributed by atoms with Gasteiger partial charge in [-0.25, -0.2) is 0 Å². The summed E-state index contributed by atoms with van der Waals surface area (Å²) in [5.74, 6) is -0.512. The average Bonchev–Trinajstić information content (AvgIpc) is 2.78. The molecule has 0 aromatic carbocycles. The van der Waals surface area contributed by atoms with Gasteiger partial charge in [0.2, 0.25) is 5.43 Å². The Labute approximate surface area is 96.9 Å². The molecule has 2 heterocycles. The number of aromatic nitrogens is 1. The van der Waals surface area contributed by atoms with Gasteiger partial charge in [0.1, 0.15) is 5.69 Å². The summed E-state index contributed by atoms with van der Waals surface area (Å²) in [7, 11) is 0. The van der Waals surface area contributed by atoms with Crippen molar-refractivity contribution >= 4 is 5.71 Å². The maximum atomic E-state index is 11.1. The fraction of sp³-hybridized carbons (Fsp3) is 0.400. The van der Waals surface area contributed by atoms with Gasteiger partial charge in [-0.05, 0) is 0 Å². The van der Waals surface area contributed by atoms with E-state index in [1.165, 1.54) is 0 Å². The lowest BCUT2D eigenvalue weighted by Gasteiger charge is -2.06. The van der Waals surface area contributed by atoms with E-state index in [0.29, 0.717) is 11.3 Å². The van der Waals surface area contributed by atoms with Gasteiger partial charge in [-0.3, -0.25) is 4.79 Å². The number of nitrogens with one attached hydrogen (secondary N) is 1. The molecule has 7 heteroatoms. The molecule has 1 saturated heterocycles. The Morgan fingerprint density at radius 3 is 3.12 bits per heavy atom. The minimum Gasteiger partial charge on any atom is -0.503 e. The largest absolute Gasteiger partial charge is 0.503 e. The monoisotopic (exact) mass is 239 g/mol. The Kier molecular flexibility index (Phi) is 3.29. The maximum absolute atomic E-state index is 11.1. The number of aromatic hydroxyl groups is 1. The van der Waals surface area contributed by atoms with Crippen LogP contribution in [0.25, 0.3) is 0 Å². The Bertz CT molecular complexity index is 487. The van der Waals surface area contributed by atoms with E-state index in [1.807, 2.05) is 0 Å². The van der Waals surface area contributed by atoms with Crippen LogP contribution in [-0.2, 0) is 11.4 Å². The second kappa shape index (κ2) is 4.88. The zero-order valence-corrected chi connectivity index (χ0v) is 9.09. The number of nitrogens with zero attached hydrogens (tertiary/aromatic N) is 2. The lowest BCUT2D eigenvalue weighted by atomic mass is 10.3. The molecule has 1 aliphatic rings. The van der Waals surface area contributed by atoms with Crippen LogP contribution in [0.15, 0.2) is 22.2 Å². The summed E-state index contributed by atoms with van der Waals surface area (Å²) in [6, 6.07) is 1.10. The van der Waals surface area contributed by atoms with Crippen molar-refractivity contribution in [3.63, 3.8) is 0 Å². The molecular weight excluding hydrogens is 226 g/mol. The van der Waals surface area contributed by atoms with Gasteiger partial charge in [-0.2, -0.15) is 4.73 Å². The first-order valence-corrected chi connectivity index (χ1v) is 5.19. The van der Waals surface area contributed by atoms with Gasteiger partial charge >= 0.3 is 0 Å². The lowest BCUT2D eigenvalue weighted by Crippen LogP contribution is -2.11. The standard InChI is InChI=1S/C10H13N3O4/c14-9-3-8(13(16)5-10(9)15)6-17-12-7-1-2-11-4-7/h3,5,11,15-16H,1-2,4,6H2/b12-7-. The summed E-state index contributed by atoms with van der Waals surface area (Å²) in [6.07, 6.45) is 1.76. The highest BCUT2D eigenvalue weighted by Gasteiger charge is 2.08. The van der Waals surface area contributed by atoms with E-state index < -0.39 is 11.2 Å². The number of oxime groups is 1. The smallest absolute Gasteiger partial charge is 0.223 e. The summed E-state index contributed by atoms with van der Waals surface area (Å²) in [5.41, 5.74) is 0.558. The third kappa shape index (κ3) is 2.76. The molecule has 0 unspecified atom stereocenters. The van der Waals surface area contributed by atoms with Gasteiger partial charge in [0.15, 0.2) is 12.4 Å². The molecule has 17 heavy (non-hydrogen) atoms. The first kappa shape index (κ1) is 11.5. The molecule has 0 radical (unpaired) electrons. The van der Waals surface area contributed by atoms with E-state index in [-0.39, 0.29) is 12.3 Å². The average molecular weight is 239 g/mol. The van der Waals surface area contributed by atoms with Crippen molar-refractivity contribution in [3.05, 3.63) is 28.2 Å². The minimum absolute atomic E-state index is 0.0322. The Morgan fingerprint density at radius 2 is 2.41 bits per heavy atom. The molecule has 0 amide bonds. The lowest BCUT2D eigenvalue weighted by molar-refractivity contribution is 0.0949. The zero-order valence-electron chi connectivity index (χ0n) is 9.09. The first-order valence-electron chi connectivity index (χ1n) is 5.19. The van der Waals surface area contributed by atoms with Crippen molar-refractivity contribution in [2.75, 3.05) is 13.1 Å². The van der Waals surface area contributed by atoms with Crippen LogP contribution in [0.5, 0.6) is 5.75 Å². The van der Waals surface area contributed by atoms with Crippen molar-refractivity contribution < 1.29 is 15.2 Å². The van der Waals surface area contributed by atoms with Crippen LogP contribution in [0.3, 0.4) is 0 Å². The molecule has 2 rings (SSSR count). The van der Waals surface area contributed by atoms with Gasteiger partial charge < -0.3 is 20.5 Å². The summed E-state index contributed by atoms with van der Waals surface area (Å²) >= 11 is 0. The van der Waals surface area contributed by atoms with Gasteiger partial charge in [0.25, 0.3) is 0 Å². The van der Waals surface area contributed by atoms with E-state index in [4.69, 9.17) is 9.94 Å².